The number of methoxy groups -OCH3 is 1. The van der Waals surface area contributed by atoms with Crippen LogP contribution in [0.1, 0.15) is 13.3 Å². The van der Waals surface area contributed by atoms with Gasteiger partial charge in [0.15, 0.2) is 0 Å². The number of hydrogen-bond donors (Lipinski definition) is 3. The average Bonchev–Trinajstić information content (AvgIpc) is 2.43. The van der Waals surface area contributed by atoms with E-state index in [1.54, 1.807) is 0 Å². The third-order valence-electron chi connectivity index (χ3n) is 2.36. The van der Waals surface area contributed by atoms with Crippen LogP contribution < -0.4 is 10.6 Å². The zero-order valence-electron chi connectivity index (χ0n) is 11.5. The molecular formula is C11H19N5O4. The minimum absolute atomic E-state index is 0.0683. The molecule has 0 aliphatic rings. The molecule has 1 aromatic rings. The number of nitrogens with one attached hydrogen (secondary N) is 2. The molecule has 0 bridgehead atoms. The van der Waals surface area contributed by atoms with Crippen molar-refractivity contribution in [3.8, 4) is 0 Å². The minimum atomic E-state index is -0.776. The maximum absolute atomic E-state index is 10.9. The summed E-state index contributed by atoms with van der Waals surface area (Å²) in [5, 5.41) is 26.1. The number of nitrogens with zero attached hydrogens (tertiary/aromatic N) is 3. The van der Waals surface area contributed by atoms with Gasteiger partial charge in [0, 0.05) is 20.2 Å². The lowest BCUT2D eigenvalue weighted by Crippen LogP contribution is -2.25. The predicted molar refractivity (Wildman–Crippen MR) is 73.8 cm³/mol. The van der Waals surface area contributed by atoms with E-state index in [0.717, 1.165) is 12.6 Å². The number of aromatic nitrogens is 2. The van der Waals surface area contributed by atoms with Gasteiger partial charge >= 0.3 is 5.69 Å². The third-order valence-corrected chi connectivity index (χ3v) is 2.36. The molecule has 0 radical (unpaired) electrons. The molecule has 1 rings (SSSR count). The van der Waals surface area contributed by atoms with Crippen LogP contribution in [-0.4, -0.2) is 52.9 Å². The Morgan fingerprint density at radius 1 is 1.55 bits per heavy atom. The molecule has 1 atom stereocenters. The SMILES string of the molecule is CCCNc1ncc([N+](=O)[O-])c(NCC(O)COC)n1. The van der Waals surface area contributed by atoms with Gasteiger partial charge in [-0.3, -0.25) is 10.1 Å². The van der Waals surface area contributed by atoms with Crippen LogP contribution in [0, 0.1) is 10.1 Å². The molecule has 112 valence electrons. The first-order valence-corrected chi connectivity index (χ1v) is 6.24. The Morgan fingerprint density at radius 2 is 2.30 bits per heavy atom. The fourth-order valence-corrected chi connectivity index (χ4v) is 1.43. The lowest BCUT2D eigenvalue weighted by Gasteiger charge is -2.12. The summed E-state index contributed by atoms with van der Waals surface area (Å²) in [6.07, 6.45) is 1.24. The fraction of sp³-hybridized carbons (Fsp3) is 0.636. The van der Waals surface area contributed by atoms with Crippen molar-refractivity contribution in [1.29, 1.82) is 0 Å². The van der Waals surface area contributed by atoms with Crippen molar-refractivity contribution in [2.45, 2.75) is 19.4 Å². The maximum Gasteiger partial charge on any atom is 0.329 e. The molecule has 1 aromatic heterocycles. The van der Waals surface area contributed by atoms with E-state index in [0.29, 0.717) is 12.5 Å². The number of ether oxygens (including phenoxy) is 1. The van der Waals surface area contributed by atoms with Crippen LogP contribution in [0.2, 0.25) is 0 Å². The van der Waals surface area contributed by atoms with Crippen molar-refractivity contribution >= 4 is 17.5 Å². The molecule has 0 aliphatic heterocycles. The van der Waals surface area contributed by atoms with Crippen molar-refractivity contribution in [1.82, 2.24) is 9.97 Å². The number of hydrogen-bond acceptors (Lipinski definition) is 8. The van der Waals surface area contributed by atoms with Gasteiger partial charge < -0.3 is 20.5 Å². The smallest absolute Gasteiger partial charge is 0.329 e. The van der Waals surface area contributed by atoms with Gasteiger partial charge in [-0.1, -0.05) is 6.92 Å². The van der Waals surface area contributed by atoms with Crippen molar-refractivity contribution in [3.05, 3.63) is 16.3 Å². The average molecular weight is 285 g/mol. The first-order valence-electron chi connectivity index (χ1n) is 6.24. The Balaban J connectivity index is 2.80. The monoisotopic (exact) mass is 285 g/mol. The molecule has 0 saturated carbocycles. The van der Waals surface area contributed by atoms with Crippen LogP contribution in [0.3, 0.4) is 0 Å². The standard InChI is InChI=1S/C11H19N5O4/c1-3-4-12-11-14-6-9(16(18)19)10(15-11)13-5-8(17)7-20-2/h6,8,17H,3-5,7H2,1-2H3,(H2,12,13,14,15). The van der Waals surface area contributed by atoms with Gasteiger partial charge in [-0.2, -0.15) is 4.98 Å². The van der Waals surface area contributed by atoms with Crippen LogP contribution in [0.5, 0.6) is 0 Å². The van der Waals surface area contributed by atoms with Gasteiger partial charge in [-0.25, -0.2) is 4.98 Å². The molecule has 0 spiro atoms. The van der Waals surface area contributed by atoms with Crippen LogP contribution in [-0.2, 0) is 4.74 Å². The van der Waals surface area contributed by atoms with Crippen LogP contribution in [0.25, 0.3) is 0 Å². The molecule has 0 saturated heterocycles. The number of anilines is 2. The molecule has 0 fully saturated rings. The van der Waals surface area contributed by atoms with Gasteiger partial charge in [0.1, 0.15) is 6.20 Å². The summed E-state index contributed by atoms with van der Waals surface area (Å²) in [7, 11) is 1.46. The Morgan fingerprint density at radius 3 is 2.90 bits per heavy atom. The normalized spacial score (nSPS) is 11.9. The van der Waals surface area contributed by atoms with Crippen LogP contribution in [0.4, 0.5) is 17.5 Å². The van der Waals surface area contributed by atoms with E-state index in [1.807, 2.05) is 6.92 Å². The summed E-state index contributed by atoms with van der Waals surface area (Å²) in [5.41, 5.74) is -0.239. The van der Waals surface area contributed by atoms with Crippen molar-refractivity contribution in [2.75, 3.05) is 37.4 Å². The van der Waals surface area contributed by atoms with Crippen molar-refractivity contribution in [3.63, 3.8) is 0 Å². The summed E-state index contributed by atoms with van der Waals surface area (Å²) in [5.74, 6) is 0.375. The zero-order chi connectivity index (χ0) is 15.0. The molecule has 9 nitrogen and oxygen atoms in total. The topological polar surface area (TPSA) is 122 Å². The van der Waals surface area contributed by atoms with Gasteiger partial charge in [0.25, 0.3) is 0 Å². The van der Waals surface area contributed by atoms with E-state index >= 15 is 0 Å². The maximum atomic E-state index is 10.9. The number of rotatable bonds is 9. The molecule has 0 aromatic carbocycles. The highest BCUT2D eigenvalue weighted by molar-refractivity contribution is 5.56. The van der Waals surface area contributed by atoms with E-state index in [2.05, 4.69) is 20.6 Å². The third kappa shape index (κ3) is 4.94. The number of aliphatic hydroxyl groups excluding tert-OH is 1. The highest BCUT2D eigenvalue weighted by Gasteiger charge is 2.18. The van der Waals surface area contributed by atoms with Crippen molar-refractivity contribution in [2.24, 2.45) is 0 Å². The van der Waals surface area contributed by atoms with Gasteiger partial charge in [0.05, 0.1) is 17.6 Å². The summed E-state index contributed by atoms with van der Waals surface area (Å²) in [4.78, 5) is 18.2. The summed E-state index contributed by atoms with van der Waals surface area (Å²) >= 11 is 0. The predicted octanol–water partition coefficient (Wildman–Crippen LogP) is 0.626. The second kappa shape index (κ2) is 8.23. The molecule has 1 unspecified atom stereocenters. The lowest BCUT2D eigenvalue weighted by molar-refractivity contribution is -0.384. The van der Waals surface area contributed by atoms with E-state index in [-0.39, 0.29) is 24.7 Å². The summed E-state index contributed by atoms with van der Waals surface area (Å²) in [6, 6.07) is 0. The molecular weight excluding hydrogens is 266 g/mol. The molecule has 1 heterocycles. The van der Waals surface area contributed by atoms with Crippen molar-refractivity contribution < 1.29 is 14.8 Å². The van der Waals surface area contributed by atoms with E-state index in [4.69, 9.17) is 4.74 Å². The van der Waals surface area contributed by atoms with Gasteiger partial charge in [0.2, 0.25) is 11.8 Å². The Labute approximate surface area is 116 Å². The van der Waals surface area contributed by atoms with Crippen LogP contribution >= 0.6 is 0 Å². The van der Waals surface area contributed by atoms with E-state index < -0.39 is 11.0 Å². The molecule has 0 aliphatic carbocycles. The number of nitro groups is 1. The van der Waals surface area contributed by atoms with Gasteiger partial charge in [-0.05, 0) is 6.42 Å². The van der Waals surface area contributed by atoms with E-state index in [1.165, 1.54) is 7.11 Å². The first-order chi connectivity index (χ1) is 9.58. The lowest BCUT2D eigenvalue weighted by atomic mass is 10.3. The Kier molecular flexibility index (Phi) is 6.60. The summed E-state index contributed by atoms with van der Waals surface area (Å²) in [6.45, 7) is 2.88. The second-order valence-electron chi connectivity index (χ2n) is 4.10. The molecule has 3 N–H and O–H groups in total. The Bertz CT molecular complexity index is 443. The Hall–Kier alpha value is -2.00. The quantitative estimate of drug-likeness (QED) is 0.446. The van der Waals surface area contributed by atoms with Crippen LogP contribution in [0.15, 0.2) is 6.20 Å². The van der Waals surface area contributed by atoms with E-state index in [9.17, 15) is 15.2 Å². The minimum Gasteiger partial charge on any atom is -0.389 e. The zero-order valence-corrected chi connectivity index (χ0v) is 11.5. The molecule has 0 amide bonds. The summed E-state index contributed by atoms with van der Waals surface area (Å²) < 4.78 is 4.78. The largest absolute Gasteiger partial charge is 0.389 e. The molecule has 20 heavy (non-hydrogen) atoms. The highest BCUT2D eigenvalue weighted by atomic mass is 16.6. The second-order valence-corrected chi connectivity index (χ2v) is 4.10. The number of aliphatic hydroxyl groups is 1. The highest BCUT2D eigenvalue weighted by Crippen LogP contribution is 2.21. The molecule has 9 heteroatoms. The van der Waals surface area contributed by atoms with Gasteiger partial charge in [-0.15, -0.1) is 0 Å². The fourth-order valence-electron chi connectivity index (χ4n) is 1.43. The first kappa shape index (κ1) is 16.1.